The molecule has 0 saturated heterocycles. The smallest absolute Gasteiger partial charge is 0.106 e. The van der Waals surface area contributed by atoms with Gasteiger partial charge in [-0.05, 0) is 68.4 Å². The predicted molar refractivity (Wildman–Crippen MR) is 224 cm³/mol. The zero-order chi connectivity index (χ0) is 37.0. The van der Waals surface area contributed by atoms with Gasteiger partial charge in [0.05, 0.1) is 22.1 Å². The minimum Gasteiger partial charge on any atom is -0.248 e. The van der Waals surface area contributed by atoms with Gasteiger partial charge in [-0.15, -0.1) is 10.2 Å². The summed E-state index contributed by atoms with van der Waals surface area (Å²) in [7, 11) is 0. The van der Waals surface area contributed by atoms with Gasteiger partial charge in [-0.2, -0.15) is 0 Å². The number of benzene rings is 8. The molecule has 2 aliphatic heterocycles. The highest BCUT2D eigenvalue weighted by atomic mass is 15.3. The number of fused-ring (bicyclic) bond motifs is 6. The average Bonchev–Trinajstić information content (AvgIpc) is 3.85. The van der Waals surface area contributed by atoms with Gasteiger partial charge >= 0.3 is 0 Å². The van der Waals surface area contributed by atoms with Gasteiger partial charge in [0, 0.05) is 38.3 Å². The van der Waals surface area contributed by atoms with Crippen molar-refractivity contribution in [3.8, 4) is 78.1 Å². The van der Waals surface area contributed by atoms with Crippen LogP contribution < -0.4 is 10.7 Å². The van der Waals surface area contributed by atoms with E-state index in [1.165, 1.54) is 0 Å². The largest absolute Gasteiger partial charge is 0.248 e. The molecule has 0 aliphatic carbocycles. The fourth-order valence-electron chi connectivity index (χ4n) is 8.42. The van der Waals surface area contributed by atoms with Crippen LogP contribution in [0.2, 0.25) is 0 Å². The maximum atomic E-state index is 5.26. The van der Waals surface area contributed by atoms with E-state index in [1.807, 2.05) is 12.1 Å². The van der Waals surface area contributed by atoms with Crippen molar-refractivity contribution in [3.63, 3.8) is 0 Å². The predicted octanol–water partition coefficient (Wildman–Crippen LogP) is 11.4. The van der Waals surface area contributed by atoms with Gasteiger partial charge < -0.3 is 0 Å². The van der Waals surface area contributed by atoms with Gasteiger partial charge in [0.15, 0.2) is 0 Å². The molecule has 0 amide bonds. The molecular formula is C51H31N5. The highest BCUT2D eigenvalue weighted by molar-refractivity contribution is 6.08. The van der Waals surface area contributed by atoms with Crippen LogP contribution in [0.5, 0.6) is 0 Å². The van der Waals surface area contributed by atoms with Crippen LogP contribution in [0.25, 0.3) is 78.1 Å². The molecule has 0 fully saturated rings. The van der Waals surface area contributed by atoms with Crippen LogP contribution in [-0.4, -0.2) is 15.4 Å². The highest BCUT2D eigenvalue weighted by Gasteiger charge is 2.31. The molecule has 56 heavy (non-hydrogen) atoms. The third-order valence-corrected chi connectivity index (χ3v) is 10.9. The molecule has 0 saturated carbocycles. The minimum atomic E-state index is 0.730. The lowest BCUT2D eigenvalue weighted by atomic mass is 9.83. The van der Waals surface area contributed by atoms with Gasteiger partial charge in [-0.25, -0.2) is 9.98 Å². The lowest BCUT2D eigenvalue weighted by Crippen LogP contribution is -2.05. The molecule has 1 aromatic heterocycles. The minimum absolute atomic E-state index is 0.730. The Kier molecular flexibility index (Phi) is 7.42. The normalized spacial score (nSPS) is 11.9. The Morgan fingerprint density at radius 2 is 0.839 bits per heavy atom. The summed E-state index contributed by atoms with van der Waals surface area (Å²) in [5.41, 5.74) is 15.6. The first kappa shape index (κ1) is 31.9. The SMILES string of the molecule is c1ccc(-c2ccccc2-c2nnnc(-c3c(-c4ccccc4)ccc4c3-c3c5c(ccc3=N4)=c3ccccc3=N5)c2-c2ccccc2-c2ccccc2)cc1. The molecule has 5 nitrogen and oxygen atoms in total. The van der Waals surface area contributed by atoms with Crippen molar-refractivity contribution < 1.29 is 0 Å². The molecule has 0 unspecified atom stereocenters. The summed E-state index contributed by atoms with van der Waals surface area (Å²) in [6.07, 6.45) is 0. The molecule has 8 aromatic carbocycles. The number of rotatable bonds is 6. The van der Waals surface area contributed by atoms with Crippen LogP contribution in [0.15, 0.2) is 198 Å². The van der Waals surface area contributed by atoms with Crippen LogP contribution in [0.3, 0.4) is 0 Å². The Hall–Kier alpha value is -7.63. The van der Waals surface area contributed by atoms with Gasteiger partial charge in [0.25, 0.3) is 0 Å². The molecular weight excluding hydrogens is 683 g/mol. The Labute approximate surface area is 323 Å². The van der Waals surface area contributed by atoms with Gasteiger partial charge in [-0.1, -0.05) is 164 Å². The van der Waals surface area contributed by atoms with E-state index in [0.717, 1.165) is 111 Å². The summed E-state index contributed by atoms with van der Waals surface area (Å²) in [5, 5.41) is 18.8. The van der Waals surface area contributed by atoms with Crippen molar-refractivity contribution in [1.29, 1.82) is 0 Å². The first-order valence-electron chi connectivity index (χ1n) is 18.8. The number of para-hydroxylation sites is 1. The van der Waals surface area contributed by atoms with Crippen LogP contribution >= 0.6 is 0 Å². The summed E-state index contributed by atoms with van der Waals surface area (Å²) >= 11 is 0. The topological polar surface area (TPSA) is 63.4 Å². The zero-order valence-corrected chi connectivity index (χ0v) is 30.1. The summed E-state index contributed by atoms with van der Waals surface area (Å²) in [6.45, 7) is 0. The number of hydrogen-bond acceptors (Lipinski definition) is 5. The van der Waals surface area contributed by atoms with Crippen molar-refractivity contribution in [3.05, 3.63) is 209 Å². The van der Waals surface area contributed by atoms with Gasteiger partial charge in [-0.3, -0.25) is 0 Å². The van der Waals surface area contributed by atoms with E-state index in [1.54, 1.807) is 0 Å². The Bertz CT molecular complexity index is 3240. The van der Waals surface area contributed by atoms with E-state index >= 15 is 0 Å². The van der Waals surface area contributed by atoms with Crippen molar-refractivity contribution in [2.75, 3.05) is 0 Å². The van der Waals surface area contributed by atoms with Crippen molar-refractivity contribution in [2.24, 2.45) is 9.98 Å². The zero-order valence-electron chi connectivity index (χ0n) is 30.1. The fourth-order valence-corrected chi connectivity index (χ4v) is 8.42. The standard InChI is InChI=1S/C51H31N5/c1-4-16-32(17-5-1)35-22-10-12-25-39(35)46-50(40-26-13-11-23-36(40)33-18-6-2-7-19-33)54-56-55-51(46)45-37(34-20-8-3-9-21-34)28-30-43-47(45)48-44(52-43)31-29-41-38-24-14-15-27-42(38)53-49(41)48/h1-31H. The van der Waals surface area contributed by atoms with Crippen LogP contribution in [0, 0.1) is 10.4 Å². The van der Waals surface area contributed by atoms with Crippen LogP contribution in [0.4, 0.5) is 11.4 Å². The van der Waals surface area contributed by atoms with Crippen LogP contribution in [-0.2, 0) is 0 Å². The first-order chi connectivity index (χ1) is 27.8. The Morgan fingerprint density at radius 1 is 0.286 bits per heavy atom. The van der Waals surface area contributed by atoms with Crippen molar-refractivity contribution >= 4 is 11.4 Å². The van der Waals surface area contributed by atoms with Gasteiger partial charge in [0.1, 0.15) is 11.4 Å². The summed E-state index contributed by atoms with van der Waals surface area (Å²) in [5.74, 6) is 0. The number of hydrogen-bond donors (Lipinski definition) is 0. The third-order valence-electron chi connectivity index (χ3n) is 10.9. The Balaban J connectivity index is 1.30. The summed E-state index contributed by atoms with van der Waals surface area (Å²) < 4.78 is 0. The maximum absolute atomic E-state index is 5.26. The van der Waals surface area contributed by atoms with Crippen LogP contribution in [0.1, 0.15) is 0 Å². The molecule has 0 spiro atoms. The monoisotopic (exact) mass is 713 g/mol. The van der Waals surface area contributed by atoms with E-state index in [-0.39, 0.29) is 0 Å². The van der Waals surface area contributed by atoms with E-state index in [9.17, 15) is 0 Å². The van der Waals surface area contributed by atoms with Crippen molar-refractivity contribution in [2.45, 2.75) is 0 Å². The molecule has 260 valence electrons. The molecule has 0 N–H and O–H groups in total. The third kappa shape index (κ3) is 5.06. The summed E-state index contributed by atoms with van der Waals surface area (Å²) in [6, 6.07) is 65.5. The molecule has 0 atom stereocenters. The number of nitrogens with zero attached hydrogens (tertiary/aromatic N) is 5. The molecule has 11 rings (SSSR count). The van der Waals surface area contributed by atoms with E-state index in [4.69, 9.17) is 20.2 Å². The molecule has 9 aromatic rings. The fraction of sp³-hybridized carbons (Fsp3) is 0. The maximum Gasteiger partial charge on any atom is 0.106 e. The lowest BCUT2D eigenvalue weighted by Gasteiger charge is -2.21. The molecule has 0 radical (unpaired) electrons. The summed E-state index contributed by atoms with van der Waals surface area (Å²) in [4.78, 5) is 10.5. The van der Waals surface area contributed by atoms with Gasteiger partial charge in [0.2, 0.25) is 0 Å². The van der Waals surface area contributed by atoms with Crippen molar-refractivity contribution in [1.82, 2.24) is 15.4 Å². The second kappa shape index (κ2) is 13.0. The molecule has 3 heterocycles. The van der Waals surface area contributed by atoms with E-state index in [0.29, 0.717) is 0 Å². The quantitative estimate of drug-likeness (QED) is 0.172. The lowest BCUT2D eigenvalue weighted by molar-refractivity contribution is 0.879. The van der Waals surface area contributed by atoms with E-state index in [2.05, 4.69) is 181 Å². The highest BCUT2D eigenvalue weighted by Crippen LogP contribution is 2.52. The second-order valence-corrected chi connectivity index (χ2v) is 14.0. The molecule has 2 aliphatic rings. The average molecular weight is 714 g/mol. The van der Waals surface area contributed by atoms with E-state index < -0.39 is 0 Å². The second-order valence-electron chi connectivity index (χ2n) is 14.0. The molecule has 0 bridgehead atoms. The molecule has 5 heteroatoms. The number of aromatic nitrogens is 3. The first-order valence-corrected chi connectivity index (χ1v) is 18.8. The Morgan fingerprint density at radius 3 is 1.54 bits per heavy atom.